The summed E-state index contributed by atoms with van der Waals surface area (Å²) in [5.41, 5.74) is 1.82. The summed E-state index contributed by atoms with van der Waals surface area (Å²) in [4.78, 5) is 18.9. The summed E-state index contributed by atoms with van der Waals surface area (Å²) in [7, 11) is 0. The van der Waals surface area contributed by atoms with Crippen LogP contribution in [0, 0.1) is 0 Å². The minimum absolute atomic E-state index is 0.163. The maximum atomic E-state index is 12.3. The summed E-state index contributed by atoms with van der Waals surface area (Å²) < 4.78 is 1.66. The second-order valence-electron chi connectivity index (χ2n) is 7.16. The van der Waals surface area contributed by atoms with Crippen LogP contribution in [-0.4, -0.2) is 38.2 Å². The zero-order chi connectivity index (χ0) is 18.0. The molecule has 26 heavy (non-hydrogen) atoms. The van der Waals surface area contributed by atoms with E-state index in [1.807, 2.05) is 30.3 Å². The lowest BCUT2D eigenvalue weighted by molar-refractivity contribution is -0.0355. The molecule has 0 saturated carbocycles. The van der Waals surface area contributed by atoms with Gasteiger partial charge in [0, 0.05) is 19.6 Å². The van der Waals surface area contributed by atoms with Crippen LogP contribution in [0.25, 0.3) is 11.0 Å². The lowest BCUT2D eigenvalue weighted by Crippen LogP contribution is -2.47. The van der Waals surface area contributed by atoms with Gasteiger partial charge < -0.3 is 9.67 Å². The first-order chi connectivity index (χ1) is 12.6. The molecule has 134 valence electrons. The molecule has 0 bridgehead atoms. The number of piperidine rings is 1. The highest BCUT2D eigenvalue weighted by molar-refractivity contribution is 5.74. The van der Waals surface area contributed by atoms with E-state index in [1.54, 1.807) is 4.57 Å². The smallest absolute Gasteiger partial charge is 0.269 e. The molecule has 0 atom stereocenters. The number of benzene rings is 2. The van der Waals surface area contributed by atoms with E-state index >= 15 is 0 Å². The largest absolute Gasteiger partial charge is 0.388 e. The van der Waals surface area contributed by atoms with Crippen LogP contribution in [0.1, 0.15) is 18.4 Å². The molecule has 0 radical (unpaired) electrons. The van der Waals surface area contributed by atoms with Crippen molar-refractivity contribution in [3.63, 3.8) is 0 Å². The Morgan fingerprint density at radius 2 is 1.69 bits per heavy atom. The highest BCUT2D eigenvalue weighted by atomic mass is 16.3. The second-order valence-corrected chi connectivity index (χ2v) is 7.16. The molecule has 1 fully saturated rings. The van der Waals surface area contributed by atoms with Gasteiger partial charge in [0.05, 0.1) is 29.4 Å². The van der Waals surface area contributed by atoms with Gasteiger partial charge in [-0.05, 0) is 30.5 Å². The third-order valence-corrected chi connectivity index (χ3v) is 5.24. The Morgan fingerprint density at radius 1 is 1.00 bits per heavy atom. The summed E-state index contributed by atoms with van der Waals surface area (Å²) in [5.74, 6) is 0. The lowest BCUT2D eigenvalue weighted by Gasteiger charge is -2.38. The van der Waals surface area contributed by atoms with Crippen LogP contribution in [0.3, 0.4) is 0 Å². The van der Waals surface area contributed by atoms with Gasteiger partial charge in [0.25, 0.3) is 5.56 Å². The number of likely N-dealkylation sites (tertiary alicyclic amines) is 1. The minimum atomic E-state index is -0.860. The van der Waals surface area contributed by atoms with Crippen LogP contribution >= 0.6 is 0 Å². The number of aliphatic hydroxyl groups is 1. The predicted octanol–water partition coefficient (Wildman–Crippen LogP) is 2.42. The molecule has 1 N–H and O–H groups in total. The summed E-state index contributed by atoms with van der Waals surface area (Å²) >= 11 is 0. The van der Waals surface area contributed by atoms with Crippen LogP contribution in [-0.2, 0) is 13.1 Å². The van der Waals surface area contributed by atoms with Crippen molar-refractivity contribution >= 4 is 11.0 Å². The topological polar surface area (TPSA) is 58.4 Å². The van der Waals surface area contributed by atoms with E-state index in [4.69, 9.17) is 0 Å². The molecule has 0 unspecified atom stereocenters. The van der Waals surface area contributed by atoms with E-state index in [2.05, 4.69) is 34.1 Å². The van der Waals surface area contributed by atoms with Crippen molar-refractivity contribution < 1.29 is 5.11 Å². The molecule has 2 heterocycles. The Hall–Kier alpha value is -2.50. The number of rotatable bonds is 4. The molecule has 2 aromatic carbocycles. The Labute approximate surface area is 152 Å². The first kappa shape index (κ1) is 16.9. The normalized spacial score (nSPS) is 17.4. The second kappa shape index (κ2) is 7.02. The number of para-hydroxylation sites is 2. The van der Waals surface area contributed by atoms with E-state index in [9.17, 15) is 9.90 Å². The maximum Gasteiger partial charge on any atom is 0.269 e. The molecule has 1 aromatic heterocycles. The molecule has 1 saturated heterocycles. The molecule has 0 aliphatic carbocycles. The third kappa shape index (κ3) is 3.54. The fourth-order valence-corrected chi connectivity index (χ4v) is 3.70. The monoisotopic (exact) mass is 349 g/mol. The molecule has 0 spiro atoms. The summed E-state index contributed by atoms with van der Waals surface area (Å²) in [6.45, 7) is 2.86. The molecule has 0 amide bonds. The van der Waals surface area contributed by atoms with Crippen molar-refractivity contribution in [2.24, 2.45) is 0 Å². The number of nitrogens with zero attached hydrogens (tertiary/aromatic N) is 3. The molecule has 1 aliphatic heterocycles. The van der Waals surface area contributed by atoms with Crippen LogP contribution in [0.2, 0.25) is 0 Å². The van der Waals surface area contributed by atoms with Crippen molar-refractivity contribution in [1.82, 2.24) is 14.5 Å². The number of hydrogen-bond acceptors (Lipinski definition) is 4. The van der Waals surface area contributed by atoms with Crippen LogP contribution < -0.4 is 5.56 Å². The quantitative estimate of drug-likeness (QED) is 0.786. The summed E-state index contributed by atoms with van der Waals surface area (Å²) in [6, 6.07) is 18.0. The first-order valence-corrected chi connectivity index (χ1v) is 9.06. The molecule has 5 heteroatoms. The van der Waals surface area contributed by atoms with Crippen molar-refractivity contribution in [3.8, 4) is 0 Å². The van der Waals surface area contributed by atoms with Gasteiger partial charge in [0.1, 0.15) is 0 Å². The Balaban J connectivity index is 1.48. The zero-order valence-corrected chi connectivity index (χ0v) is 14.7. The van der Waals surface area contributed by atoms with Gasteiger partial charge in [0.2, 0.25) is 0 Å². The third-order valence-electron chi connectivity index (χ3n) is 5.24. The van der Waals surface area contributed by atoms with Crippen molar-refractivity contribution in [1.29, 1.82) is 0 Å². The van der Waals surface area contributed by atoms with Gasteiger partial charge >= 0.3 is 0 Å². The fourth-order valence-electron chi connectivity index (χ4n) is 3.70. The molecular weight excluding hydrogens is 326 g/mol. The molecule has 4 rings (SSSR count). The summed E-state index contributed by atoms with van der Waals surface area (Å²) in [6.07, 6.45) is 2.65. The van der Waals surface area contributed by atoms with Crippen LogP contribution in [0.15, 0.2) is 65.6 Å². The Morgan fingerprint density at radius 3 is 2.46 bits per heavy atom. The van der Waals surface area contributed by atoms with E-state index in [0.29, 0.717) is 19.4 Å². The maximum absolute atomic E-state index is 12.3. The van der Waals surface area contributed by atoms with Gasteiger partial charge in [-0.3, -0.25) is 9.69 Å². The average molecular weight is 349 g/mol. The van der Waals surface area contributed by atoms with Gasteiger partial charge in [-0.15, -0.1) is 0 Å². The number of aromatic nitrogens is 2. The predicted molar refractivity (Wildman–Crippen MR) is 102 cm³/mol. The SMILES string of the molecule is O=c1cnc2ccccc2n1CC1(O)CCN(Cc2ccccc2)CC1. The van der Waals surface area contributed by atoms with E-state index < -0.39 is 5.60 Å². The Bertz CT molecular complexity index is 944. The van der Waals surface area contributed by atoms with Gasteiger partial charge in [-0.1, -0.05) is 42.5 Å². The molecular formula is C21H23N3O2. The highest BCUT2D eigenvalue weighted by Gasteiger charge is 2.33. The number of hydrogen-bond donors (Lipinski definition) is 1. The number of fused-ring (bicyclic) bond motifs is 1. The van der Waals surface area contributed by atoms with Crippen molar-refractivity contribution in [3.05, 3.63) is 76.7 Å². The van der Waals surface area contributed by atoms with E-state index in [1.165, 1.54) is 11.8 Å². The standard InChI is InChI=1S/C21H23N3O2/c25-20-14-22-18-8-4-5-9-19(18)24(20)16-21(26)10-12-23(13-11-21)15-17-6-2-1-3-7-17/h1-9,14,26H,10-13,15-16H2. The minimum Gasteiger partial charge on any atom is -0.388 e. The van der Waals surface area contributed by atoms with E-state index in [-0.39, 0.29) is 5.56 Å². The van der Waals surface area contributed by atoms with Crippen molar-refractivity contribution in [2.45, 2.75) is 31.5 Å². The van der Waals surface area contributed by atoms with Gasteiger partial charge in [0.15, 0.2) is 0 Å². The Kier molecular flexibility index (Phi) is 4.57. The van der Waals surface area contributed by atoms with Gasteiger partial charge in [-0.25, -0.2) is 4.98 Å². The highest BCUT2D eigenvalue weighted by Crippen LogP contribution is 2.26. The van der Waals surface area contributed by atoms with E-state index in [0.717, 1.165) is 30.7 Å². The molecule has 1 aliphatic rings. The zero-order valence-electron chi connectivity index (χ0n) is 14.7. The lowest BCUT2D eigenvalue weighted by atomic mass is 9.91. The van der Waals surface area contributed by atoms with Crippen molar-refractivity contribution in [2.75, 3.05) is 13.1 Å². The van der Waals surface area contributed by atoms with Crippen LogP contribution in [0.5, 0.6) is 0 Å². The molecule has 3 aromatic rings. The summed E-state index contributed by atoms with van der Waals surface area (Å²) in [5, 5.41) is 11.1. The van der Waals surface area contributed by atoms with Gasteiger partial charge in [-0.2, -0.15) is 0 Å². The molecule has 5 nitrogen and oxygen atoms in total. The van der Waals surface area contributed by atoms with Crippen LogP contribution in [0.4, 0.5) is 0 Å². The fraction of sp³-hybridized carbons (Fsp3) is 0.333. The average Bonchev–Trinajstić information content (AvgIpc) is 2.67. The first-order valence-electron chi connectivity index (χ1n) is 9.06.